The first-order chi connectivity index (χ1) is 11.6. The molecule has 0 atom stereocenters. The fourth-order valence-electron chi connectivity index (χ4n) is 3.39. The van der Waals surface area contributed by atoms with Crippen LogP contribution >= 0.6 is 0 Å². The van der Waals surface area contributed by atoms with Gasteiger partial charge in [0.25, 0.3) is 0 Å². The van der Waals surface area contributed by atoms with Gasteiger partial charge in [-0.3, -0.25) is 4.79 Å². The Labute approximate surface area is 140 Å². The van der Waals surface area contributed by atoms with Crippen LogP contribution < -0.4 is 4.90 Å². The highest BCUT2D eigenvalue weighted by atomic mass is 19.1. The lowest BCUT2D eigenvalue weighted by Crippen LogP contribution is -2.49. The number of carboxylic acids is 1. The quantitative estimate of drug-likeness (QED) is 0.923. The van der Waals surface area contributed by atoms with Gasteiger partial charge in [0.15, 0.2) is 0 Å². The van der Waals surface area contributed by atoms with Gasteiger partial charge in [-0.05, 0) is 49.9 Å². The molecule has 128 valence electrons. The summed E-state index contributed by atoms with van der Waals surface area (Å²) in [5, 5.41) is 9.30. The number of aliphatic carboxylic acids is 1. The molecule has 1 N–H and O–H groups in total. The van der Waals surface area contributed by atoms with E-state index in [1.165, 1.54) is 12.1 Å². The molecule has 1 amide bonds. The number of nitrogens with zero attached hydrogens (tertiary/aromatic N) is 2. The van der Waals surface area contributed by atoms with Gasteiger partial charge in [0.2, 0.25) is 5.91 Å². The zero-order valence-electron chi connectivity index (χ0n) is 13.5. The average molecular weight is 332 g/mol. The summed E-state index contributed by atoms with van der Waals surface area (Å²) in [4.78, 5) is 27.9. The standard InChI is InChI=1S/C18H21FN2O3/c19-13-5-7-14(8-6-13)20-9-11-21(12-10-20)17(22)15-3-1-2-4-16(15)18(23)24/h5-8H,1-4,9-12H2,(H,23,24). The SMILES string of the molecule is O=C(O)C1=C(C(=O)N2CCN(c3ccc(F)cc3)CC2)CCCC1. The van der Waals surface area contributed by atoms with Crippen LogP contribution in [0.1, 0.15) is 25.7 Å². The Bertz CT molecular complexity index is 661. The number of carbonyl (C=O) groups excluding carboxylic acids is 1. The highest BCUT2D eigenvalue weighted by Gasteiger charge is 2.29. The Kier molecular flexibility index (Phi) is 4.83. The predicted octanol–water partition coefficient (Wildman–Crippen LogP) is 2.43. The minimum absolute atomic E-state index is 0.133. The fraction of sp³-hybridized carbons (Fsp3) is 0.444. The van der Waals surface area contributed by atoms with Gasteiger partial charge >= 0.3 is 5.97 Å². The first-order valence-electron chi connectivity index (χ1n) is 8.31. The smallest absolute Gasteiger partial charge is 0.332 e. The third kappa shape index (κ3) is 3.42. The second-order valence-corrected chi connectivity index (χ2v) is 6.23. The van der Waals surface area contributed by atoms with Crippen LogP contribution in [0.3, 0.4) is 0 Å². The van der Waals surface area contributed by atoms with Crippen molar-refractivity contribution in [3.63, 3.8) is 0 Å². The van der Waals surface area contributed by atoms with E-state index in [1.807, 2.05) is 0 Å². The van der Waals surface area contributed by atoms with Crippen LogP contribution in [0.4, 0.5) is 10.1 Å². The summed E-state index contributed by atoms with van der Waals surface area (Å²) in [7, 11) is 0. The van der Waals surface area contributed by atoms with Crippen molar-refractivity contribution in [3.8, 4) is 0 Å². The van der Waals surface area contributed by atoms with Gasteiger partial charge < -0.3 is 14.9 Å². The van der Waals surface area contributed by atoms with Gasteiger partial charge in [0, 0.05) is 43.0 Å². The number of hydrogen-bond donors (Lipinski definition) is 1. The number of carboxylic acid groups (broad SMARTS) is 1. The number of anilines is 1. The molecule has 2 aliphatic rings. The number of hydrogen-bond acceptors (Lipinski definition) is 3. The van der Waals surface area contributed by atoms with Gasteiger partial charge in [-0.2, -0.15) is 0 Å². The van der Waals surface area contributed by atoms with E-state index in [0.29, 0.717) is 44.6 Å². The number of halogens is 1. The van der Waals surface area contributed by atoms with Crippen molar-refractivity contribution in [2.45, 2.75) is 25.7 Å². The van der Waals surface area contributed by atoms with Crippen LogP contribution in [-0.4, -0.2) is 48.1 Å². The molecule has 5 nitrogen and oxygen atoms in total. The van der Waals surface area contributed by atoms with Crippen LogP contribution in [0.5, 0.6) is 0 Å². The Hall–Kier alpha value is -2.37. The van der Waals surface area contributed by atoms with Crippen LogP contribution in [-0.2, 0) is 9.59 Å². The maximum Gasteiger partial charge on any atom is 0.332 e. The second kappa shape index (κ2) is 7.03. The third-order valence-electron chi connectivity index (χ3n) is 4.74. The molecule has 0 radical (unpaired) electrons. The Morgan fingerprint density at radius 3 is 2.08 bits per heavy atom. The Morgan fingerprint density at radius 1 is 0.917 bits per heavy atom. The van der Waals surface area contributed by atoms with Crippen molar-refractivity contribution in [3.05, 3.63) is 41.2 Å². The van der Waals surface area contributed by atoms with Crippen molar-refractivity contribution >= 4 is 17.6 Å². The first kappa shape index (κ1) is 16.5. The van der Waals surface area contributed by atoms with Crippen LogP contribution in [0, 0.1) is 5.82 Å². The molecule has 1 aromatic carbocycles. The van der Waals surface area contributed by atoms with Gasteiger partial charge in [-0.1, -0.05) is 0 Å². The molecule has 1 saturated heterocycles. The highest BCUT2D eigenvalue weighted by Crippen LogP contribution is 2.27. The van der Waals surface area contributed by atoms with Crippen molar-refractivity contribution in [1.29, 1.82) is 0 Å². The van der Waals surface area contributed by atoms with E-state index < -0.39 is 5.97 Å². The van der Waals surface area contributed by atoms with Crippen molar-refractivity contribution < 1.29 is 19.1 Å². The normalized spacial score (nSPS) is 18.7. The Morgan fingerprint density at radius 2 is 1.50 bits per heavy atom. The lowest BCUT2D eigenvalue weighted by molar-refractivity contribution is -0.134. The fourth-order valence-corrected chi connectivity index (χ4v) is 3.39. The lowest BCUT2D eigenvalue weighted by atomic mass is 9.90. The van der Waals surface area contributed by atoms with E-state index in [0.717, 1.165) is 18.5 Å². The first-order valence-corrected chi connectivity index (χ1v) is 8.31. The van der Waals surface area contributed by atoms with Crippen LogP contribution in [0.2, 0.25) is 0 Å². The summed E-state index contributed by atoms with van der Waals surface area (Å²) in [5.74, 6) is -1.37. The summed E-state index contributed by atoms with van der Waals surface area (Å²) in [6, 6.07) is 6.33. The maximum atomic E-state index is 13.0. The number of amides is 1. The molecule has 6 heteroatoms. The topological polar surface area (TPSA) is 60.9 Å². The molecule has 24 heavy (non-hydrogen) atoms. The lowest BCUT2D eigenvalue weighted by Gasteiger charge is -2.37. The van der Waals surface area contributed by atoms with Crippen molar-refractivity contribution in [2.24, 2.45) is 0 Å². The molecule has 1 aliphatic carbocycles. The monoisotopic (exact) mass is 332 g/mol. The summed E-state index contributed by atoms with van der Waals surface area (Å²) in [6.07, 6.45) is 2.73. The summed E-state index contributed by atoms with van der Waals surface area (Å²) in [6.45, 7) is 2.42. The molecule has 3 rings (SSSR count). The van der Waals surface area contributed by atoms with Crippen molar-refractivity contribution in [2.75, 3.05) is 31.1 Å². The molecule has 1 heterocycles. The molecular formula is C18H21FN2O3. The van der Waals surface area contributed by atoms with Gasteiger partial charge in [-0.15, -0.1) is 0 Å². The zero-order chi connectivity index (χ0) is 17.1. The molecule has 0 bridgehead atoms. The van der Waals surface area contributed by atoms with E-state index in [-0.39, 0.29) is 17.3 Å². The molecule has 1 fully saturated rings. The molecule has 1 aliphatic heterocycles. The van der Waals surface area contributed by atoms with E-state index >= 15 is 0 Å². The number of piperazine rings is 1. The summed E-state index contributed by atoms with van der Waals surface area (Å²) in [5.41, 5.74) is 1.70. The summed E-state index contributed by atoms with van der Waals surface area (Å²) < 4.78 is 13.0. The molecule has 0 unspecified atom stereocenters. The van der Waals surface area contributed by atoms with E-state index in [2.05, 4.69) is 4.90 Å². The van der Waals surface area contributed by atoms with E-state index in [9.17, 15) is 19.1 Å². The maximum absolute atomic E-state index is 13.0. The van der Waals surface area contributed by atoms with Gasteiger partial charge in [0.05, 0.1) is 0 Å². The van der Waals surface area contributed by atoms with Gasteiger partial charge in [-0.25, -0.2) is 9.18 Å². The minimum Gasteiger partial charge on any atom is -0.478 e. The second-order valence-electron chi connectivity index (χ2n) is 6.23. The highest BCUT2D eigenvalue weighted by molar-refractivity contribution is 6.02. The number of benzene rings is 1. The van der Waals surface area contributed by atoms with Crippen LogP contribution in [0.15, 0.2) is 35.4 Å². The molecule has 0 saturated carbocycles. The van der Waals surface area contributed by atoms with E-state index in [1.54, 1.807) is 17.0 Å². The molecule has 0 spiro atoms. The molecular weight excluding hydrogens is 311 g/mol. The zero-order valence-corrected chi connectivity index (χ0v) is 13.5. The predicted molar refractivity (Wildman–Crippen MR) is 88.3 cm³/mol. The largest absolute Gasteiger partial charge is 0.478 e. The number of carbonyl (C=O) groups is 2. The molecule has 0 aromatic heterocycles. The van der Waals surface area contributed by atoms with Crippen molar-refractivity contribution in [1.82, 2.24) is 4.90 Å². The number of rotatable bonds is 3. The van der Waals surface area contributed by atoms with E-state index in [4.69, 9.17) is 0 Å². The third-order valence-corrected chi connectivity index (χ3v) is 4.74. The minimum atomic E-state index is -0.969. The molecule has 1 aromatic rings. The van der Waals surface area contributed by atoms with Gasteiger partial charge in [0.1, 0.15) is 5.82 Å². The Balaban J connectivity index is 1.66. The summed E-state index contributed by atoms with van der Waals surface area (Å²) >= 11 is 0. The average Bonchev–Trinajstić information content (AvgIpc) is 2.62. The van der Waals surface area contributed by atoms with Crippen LogP contribution in [0.25, 0.3) is 0 Å².